The van der Waals surface area contributed by atoms with Gasteiger partial charge in [-0.25, -0.2) is 4.68 Å². The number of nitrogens with one attached hydrogen (secondary N) is 1. The van der Waals surface area contributed by atoms with Gasteiger partial charge in [0.2, 0.25) is 11.8 Å². The van der Waals surface area contributed by atoms with Gasteiger partial charge in [-0.1, -0.05) is 63.6 Å². The van der Waals surface area contributed by atoms with Gasteiger partial charge in [-0.15, -0.1) is 11.8 Å². The predicted molar refractivity (Wildman–Crippen MR) is 159 cm³/mol. The number of fused-ring (bicyclic) bond motifs is 1. The van der Waals surface area contributed by atoms with Crippen molar-refractivity contribution < 1.29 is 14.3 Å². The van der Waals surface area contributed by atoms with E-state index in [1.165, 1.54) is 0 Å². The summed E-state index contributed by atoms with van der Waals surface area (Å²) in [6.45, 7) is 14.5. The molecular formula is C31H40N4O3S. The van der Waals surface area contributed by atoms with Gasteiger partial charge in [-0.05, 0) is 44.9 Å². The number of rotatable bonds is 7. The van der Waals surface area contributed by atoms with Gasteiger partial charge >= 0.3 is 0 Å². The number of hydrogen-bond acceptors (Lipinski definition) is 5. The highest BCUT2D eigenvalue weighted by atomic mass is 32.2. The van der Waals surface area contributed by atoms with E-state index in [1.807, 2.05) is 42.8 Å². The van der Waals surface area contributed by atoms with Crippen molar-refractivity contribution in [3.8, 4) is 11.4 Å². The third kappa shape index (κ3) is 5.86. The standard InChI is InChI=1S/C31H40N4O3S/c1-9-21(4)32-25(36)17-34-26(37)18-39-28(22-12-10-11-13-24(22)38-8)27-29(31(5,6)7)33-35(30(27)34)23-15-14-19(2)16-20(23)3/h10-16,21,28H,9,17-18H2,1-8H3,(H,32,36)/t21-,28+/m0/s1. The minimum atomic E-state index is -0.327. The largest absolute Gasteiger partial charge is 0.496 e. The SMILES string of the molecule is CC[C@H](C)NC(=O)CN1C(=O)CS[C@H](c2ccccc2OC)c2c(C(C)(C)C)nn(-c3ccc(C)cc3C)c21. The van der Waals surface area contributed by atoms with Crippen LogP contribution in [0.5, 0.6) is 5.75 Å². The Morgan fingerprint density at radius 3 is 2.56 bits per heavy atom. The summed E-state index contributed by atoms with van der Waals surface area (Å²) in [5.41, 5.74) is 5.57. The highest BCUT2D eigenvalue weighted by molar-refractivity contribution is 8.00. The summed E-state index contributed by atoms with van der Waals surface area (Å²) < 4.78 is 7.66. The molecule has 1 aliphatic rings. The van der Waals surface area contributed by atoms with Crippen molar-refractivity contribution >= 4 is 29.4 Å². The summed E-state index contributed by atoms with van der Waals surface area (Å²) >= 11 is 1.56. The van der Waals surface area contributed by atoms with Crippen molar-refractivity contribution in [2.75, 3.05) is 24.3 Å². The molecule has 39 heavy (non-hydrogen) atoms. The second-order valence-electron chi connectivity index (χ2n) is 11.3. The van der Waals surface area contributed by atoms with Crippen LogP contribution in [0.25, 0.3) is 5.69 Å². The van der Waals surface area contributed by atoms with Crippen LogP contribution in [0.3, 0.4) is 0 Å². The van der Waals surface area contributed by atoms with Gasteiger partial charge in [0.1, 0.15) is 18.1 Å². The van der Waals surface area contributed by atoms with Crippen LogP contribution in [-0.4, -0.2) is 47.0 Å². The summed E-state index contributed by atoms with van der Waals surface area (Å²) in [6, 6.07) is 14.2. The molecule has 0 aliphatic carbocycles. The lowest BCUT2D eigenvalue weighted by Crippen LogP contribution is -2.44. The number of carbonyl (C=O) groups excluding carboxylic acids is 2. The van der Waals surface area contributed by atoms with Gasteiger partial charge in [0.25, 0.3) is 0 Å². The normalized spacial score (nSPS) is 16.5. The van der Waals surface area contributed by atoms with Crippen LogP contribution in [0.4, 0.5) is 5.82 Å². The van der Waals surface area contributed by atoms with Crippen LogP contribution in [0.2, 0.25) is 0 Å². The van der Waals surface area contributed by atoms with Crippen molar-refractivity contribution in [3.63, 3.8) is 0 Å². The van der Waals surface area contributed by atoms with Crippen molar-refractivity contribution in [3.05, 3.63) is 70.4 Å². The van der Waals surface area contributed by atoms with E-state index in [4.69, 9.17) is 9.84 Å². The highest BCUT2D eigenvalue weighted by Crippen LogP contribution is 2.50. The van der Waals surface area contributed by atoms with Crippen LogP contribution >= 0.6 is 11.8 Å². The molecule has 0 radical (unpaired) electrons. The average Bonchev–Trinajstić information content (AvgIpc) is 3.21. The van der Waals surface area contributed by atoms with E-state index in [9.17, 15) is 9.59 Å². The third-order valence-electron chi connectivity index (χ3n) is 7.12. The number of benzene rings is 2. The quantitative estimate of drug-likeness (QED) is 0.399. The molecule has 1 aromatic heterocycles. The first-order chi connectivity index (χ1) is 18.5. The van der Waals surface area contributed by atoms with E-state index in [2.05, 4.69) is 58.1 Å². The zero-order valence-corrected chi connectivity index (χ0v) is 25.1. The van der Waals surface area contributed by atoms with Crippen molar-refractivity contribution in [2.24, 2.45) is 0 Å². The van der Waals surface area contributed by atoms with Crippen molar-refractivity contribution in [1.29, 1.82) is 0 Å². The third-order valence-corrected chi connectivity index (χ3v) is 8.36. The fourth-order valence-electron chi connectivity index (χ4n) is 4.98. The average molecular weight is 549 g/mol. The van der Waals surface area contributed by atoms with E-state index in [0.717, 1.165) is 45.8 Å². The van der Waals surface area contributed by atoms with Crippen LogP contribution in [-0.2, 0) is 15.0 Å². The van der Waals surface area contributed by atoms with Crippen molar-refractivity contribution in [1.82, 2.24) is 15.1 Å². The number of ether oxygens (including phenoxy) is 1. The number of aryl methyl sites for hydroxylation is 2. The number of methoxy groups -OCH3 is 1. The monoisotopic (exact) mass is 548 g/mol. The van der Waals surface area contributed by atoms with Crippen molar-refractivity contribution in [2.45, 2.75) is 71.6 Å². The van der Waals surface area contributed by atoms with Gasteiger partial charge in [0.15, 0.2) is 0 Å². The molecular weight excluding hydrogens is 508 g/mol. The summed E-state index contributed by atoms with van der Waals surface area (Å²) in [5, 5.41) is 8.03. The molecule has 0 saturated heterocycles. The number of carbonyl (C=O) groups is 2. The fourth-order valence-corrected chi connectivity index (χ4v) is 6.20. The Balaban J connectivity index is 2.04. The summed E-state index contributed by atoms with van der Waals surface area (Å²) in [5.74, 6) is 1.33. The Morgan fingerprint density at radius 2 is 1.92 bits per heavy atom. The number of thioether (sulfide) groups is 1. The lowest BCUT2D eigenvalue weighted by Gasteiger charge is -2.25. The molecule has 208 valence electrons. The second kappa shape index (κ2) is 11.5. The lowest BCUT2D eigenvalue weighted by molar-refractivity contribution is -0.123. The molecule has 2 heterocycles. The van der Waals surface area contributed by atoms with Gasteiger partial charge < -0.3 is 10.1 Å². The minimum absolute atomic E-state index is 0.0177. The van der Waals surface area contributed by atoms with Crippen LogP contribution < -0.4 is 15.0 Å². The molecule has 0 unspecified atom stereocenters. The number of nitrogens with zero attached hydrogens (tertiary/aromatic N) is 3. The predicted octanol–water partition coefficient (Wildman–Crippen LogP) is 5.88. The molecule has 2 amide bonds. The molecule has 2 aromatic carbocycles. The molecule has 8 heteroatoms. The number of anilines is 1. The summed E-state index contributed by atoms with van der Waals surface area (Å²) in [6.07, 6.45) is 0.811. The maximum Gasteiger partial charge on any atom is 0.240 e. The first-order valence-electron chi connectivity index (χ1n) is 13.5. The molecule has 1 aliphatic heterocycles. The first kappa shape index (κ1) is 28.7. The van der Waals surface area contributed by atoms with Gasteiger partial charge in [-0.2, -0.15) is 5.10 Å². The maximum atomic E-state index is 13.8. The van der Waals surface area contributed by atoms with Gasteiger partial charge in [0, 0.05) is 22.6 Å². The second-order valence-corrected chi connectivity index (χ2v) is 12.4. The number of amides is 2. The van der Waals surface area contributed by atoms with Crippen LogP contribution in [0.1, 0.15) is 74.2 Å². The Labute approximate surface area is 236 Å². The van der Waals surface area contributed by atoms with Crippen LogP contribution in [0, 0.1) is 13.8 Å². The summed E-state index contributed by atoms with van der Waals surface area (Å²) in [4.78, 5) is 28.7. The molecule has 7 nitrogen and oxygen atoms in total. The number of para-hydroxylation sites is 1. The fraction of sp³-hybridized carbons (Fsp3) is 0.452. The van der Waals surface area contributed by atoms with Crippen LogP contribution in [0.15, 0.2) is 42.5 Å². The highest BCUT2D eigenvalue weighted by Gasteiger charge is 2.40. The van der Waals surface area contributed by atoms with E-state index in [-0.39, 0.29) is 40.8 Å². The van der Waals surface area contributed by atoms with E-state index in [0.29, 0.717) is 5.82 Å². The topological polar surface area (TPSA) is 76.5 Å². The van der Waals surface area contributed by atoms with Gasteiger partial charge in [0.05, 0.1) is 29.5 Å². The maximum absolute atomic E-state index is 13.8. The van der Waals surface area contributed by atoms with E-state index < -0.39 is 0 Å². The smallest absolute Gasteiger partial charge is 0.240 e. The molecule has 0 saturated carbocycles. The van der Waals surface area contributed by atoms with Gasteiger partial charge in [-0.3, -0.25) is 14.5 Å². The lowest BCUT2D eigenvalue weighted by atomic mass is 9.87. The molecule has 0 spiro atoms. The number of hydrogen-bond donors (Lipinski definition) is 1. The Morgan fingerprint density at radius 1 is 1.21 bits per heavy atom. The zero-order chi connectivity index (χ0) is 28.5. The molecule has 0 bridgehead atoms. The Kier molecular flexibility index (Phi) is 8.45. The molecule has 3 aromatic rings. The summed E-state index contributed by atoms with van der Waals surface area (Å²) in [7, 11) is 1.67. The van der Waals surface area contributed by atoms with E-state index in [1.54, 1.807) is 23.8 Å². The Hall–Kier alpha value is -3.26. The molecule has 1 N–H and O–H groups in total. The Bertz CT molecular complexity index is 1370. The van der Waals surface area contributed by atoms with E-state index >= 15 is 0 Å². The number of aromatic nitrogens is 2. The first-order valence-corrected chi connectivity index (χ1v) is 14.6. The molecule has 4 rings (SSSR count). The molecule has 0 fully saturated rings. The molecule has 2 atom stereocenters. The minimum Gasteiger partial charge on any atom is -0.496 e. The zero-order valence-electron chi connectivity index (χ0n) is 24.3.